The van der Waals surface area contributed by atoms with Gasteiger partial charge in [-0.2, -0.15) is 0 Å². The molecule has 0 aromatic carbocycles. The summed E-state index contributed by atoms with van der Waals surface area (Å²) >= 11 is 0. The summed E-state index contributed by atoms with van der Waals surface area (Å²) in [4.78, 5) is 16.6. The van der Waals surface area contributed by atoms with E-state index in [0.717, 1.165) is 31.7 Å². The molecule has 0 spiro atoms. The topological polar surface area (TPSA) is 79.0 Å². The first kappa shape index (κ1) is 17.4. The average molecular weight is 337 g/mol. The molecule has 2 fully saturated rings. The fourth-order valence-corrected chi connectivity index (χ4v) is 3.48. The predicted octanol–water partition coefficient (Wildman–Crippen LogP) is 0.926. The number of rotatable bonds is 5. The Morgan fingerprint density at radius 2 is 2.17 bits per heavy atom. The first-order valence-electron chi connectivity index (χ1n) is 8.87. The minimum atomic E-state index is -1.04. The highest BCUT2D eigenvalue weighted by molar-refractivity contribution is 5.92. The fourth-order valence-electron chi connectivity index (χ4n) is 3.48. The van der Waals surface area contributed by atoms with Gasteiger partial charge < -0.3 is 24.2 Å². The smallest absolute Gasteiger partial charge is 0.276 e. The molecule has 2 aliphatic rings. The van der Waals surface area contributed by atoms with Crippen LogP contribution in [0.3, 0.4) is 0 Å². The van der Waals surface area contributed by atoms with Gasteiger partial charge in [-0.25, -0.2) is 0 Å². The van der Waals surface area contributed by atoms with E-state index >= 15 is 0 Å². The molecule has 2 saturated heterocycles. The molecule has 0 bridgehead atoms. The first-order valence-corrected chi connectivity index (χ1v) is 8.87. The molecule has 24 heavy (non-hydrogen) atoms. The first-order chi connectivity index (χ1) is 11.6. The molecular weight excluding hydrogens is 310 g/mol. The van der Waals surface area contributed by atoms with Crippen LogP contribution in [-0.2, 0) is 11.2 Å². The zero-order valence-corrected chi connectivity index (χ0v) is 14.4. The van der Waals surface area contributed by atoms with E-state index in [-0.39, 0.29) is 19.1 Å². The molecule has 1 aromatic heterocycles. The van der Waals surface area contributed by atoms with Gasteiger partial charge in [0.2, 0.25) is 0 Å². The van der Waals surface area contributed by atoms with Gasteiger partial charge in [0.05, 0.1) is 19.8 Å². The lowest BCUT2D eigenvalue weighted by molar-refractivity contribution is -0.0524. The number of hydrogen-bond acceptors (Lipinski definition) is 6. The lowest BCUT2D eigenvalue weighted by Crippen LogP contribution is -2.53. The van der Waals surface area contributed by atoms with Crippen molar-refractivity contribution in [2.45, 2.75) is 38.2 Å². The molecule has 1 unspecified atom stereocenters. The second-order valence-corrected chi connectivity index (χ2v) is 6.92. The normalized spacial score (nSPS) is 25.8. The number of aryl methyl sites for hydroxylation is 1. The summed E-state index contributed by atoms with van der Waals surface area (Å²) in [6.45, 7) is 5.99. The Labute approximate surface area is 142 Å². The number of carbonyl (C=O) groups excluding carboxylic acids is 1. The van der Waals surface area contributed by atoms with E-state index in [4.69, 9.17) is 9.26 Å². The Bertz CT molecular complexity index is 556. The van der Waals surface area contributed by atoms with E-state index in [2.05, 4.69) is 17.0 Å². The molecular formula is C17H27N3O4. The van der Waals surface area contributed by atoms with E-state index in [1.165, 1.54) is 12.8 Å². The number of hydrogen-bond donors (Lipinski definition) is 1. The van der Waals surface area contributed by atoms with Crippen LogP contribution in [0.25, 0.3) is 0 Å². The second-order valence-electron chi connectivity index (χ2n) is 6.92. The molecule has 1 N–H and O–H groups in total. The van der Waals surface area contributed by atoms with Crippen LogP contribution in [0, 0.1) is 0 Å². The number of nitrogens with zero attached hydrogens (tertiary/aromatic N) is 3. The lowest BCUT2D eigenvalue weighted by atomic mass is 10.0. The maximum atomic E-state index is 12.7. The number of likely N-dealkylation sites (tertiary alicyclic amines) is 1. The zero-order chi connectivity index (χ0) is 17.0. The van der Waals surface area contributed by atoms with Crippen molar-refractivity contribution in [2.24, 2.45) is 0 Å². The summed E-state index contributed by atoms with van der Waals surface area (Å²) in [5, 5.41) is 14.9. The molecule has 1 amide bonds. The van der Waals surface area contributed by atoms with E-state index in [0.29, 0.717) is 25.4 Å². The predicted molar refractivity (Wildman–Crippen MR) is 87.8 cm³/mol. The Morgan fingerprint density at radius 1 is 1.38 bits per heavy atom. The van der Waals surface area contributed by atoms with E-state index in [1.807, 2.05) is 0 Å². The SMILES string of the molecule is CCCc1cc(C(=O)N2CCOCC(O)(CN3CCCC3)C2)no1. The summed E-state index contributed by atoms with van der Waals surface area (Å²) in [7, 11) is 0. The minimum Gasteiger partial charge on any atom is -0.384 e. The standard InChI is InChI=1S/C17H27N3O4/c1-2-5-14-10-15(18-24-14)16(21)20-8-9-23-13-17(22,12-20)11-19-6-3-4-7-19/h10,22H,2-9,11-13H2,1H3. The lowest BCUT2D eigenvalue weighted by Gasteiger charge is -2.33. The molecule has 7 nitrogen and oxygen atoms in total. The van der Waals surface area contributed by atoms with Gasteiger partial charge in [0.15, 0.2) is 5.69 Å². The molecule has 0 radical (unpaired) electrons. The summed E-state index contributed by atoms with van der Waals surface area (Å²) in [6, 6.07) is 1.71. The largest absolute Gasteiger partial charge is 0.384 e. The highest BCUT2D eigenvalue weighted by Gasteiger charge is 2.37. The maximum absolute atomic E-state index is 12.7. The van der Waals surface area contributed by atoms with Gasteiger partial charge in [-0.15, -0.1) is 0 Å². The van der Waals surface area contributed by atoms with Gasteiger partial charge in [-0.3, -0.25) is 4.79 Å². The van der Waals surface area contributed by atoms with Gasteiger partial charge in [0.25, 0.3) is 5.91 Å². The van der Waals surface area contributed by atoms with Crippen molar-refractivity contribution in [1.82, 2.24) is 15.0 Å². The summed E-state index contributed by atoms with van der Waals surface area (Å²) in [6.07, 6.45) is 4.04. The molecule has 0 aliphatic carbocycles. The van der Waals surface area contributed by atoms with Crippen molar-refractivity contribution in [1.29, 1.82) is 0 Å². The van der Waals surface area contributed by atoms with Crippen LogP contribution in [0.2, 0.25) is 0 Å². The Kier molecular flexibility index (Phi) is 5.53. The second kappa shape index (κ2) is 7.63. The van der Waals surface area contributed by atoms with E-state index in [1.54, 1.807) is 11.0 Å². The monoisotopic (exact) mass is 337 g/mol. The molecule has 0 saturated carbocycles. The molecule has 134 valence electrons. The Balaban J connectivity index is 1.67. The van der Waals surface area contributed by atoms with Crippen molar-refractivity contribution in [2.75, 3.05) is 45.9 Å². The van der Waals surface area contributed by atoms with Crippen molar-refractivity contribution >= 4 is 5.91 Å². The Morgan fingerprint density at radius 3 is 2.92 bits per heavy atom. The van der Waals surface area contributed by atoms with Gasteiger partial charge in [0.1, 0.15) is 11.4 Å². The van der Waals surface area contributed by atoms with E-state index < -0.39 is 5.60 Å². The molecule has 1 atom stereocenters. The number of β-amino-alcohol motifs (C(OH)–C–C–N with tert-alkyl or cyclic N) is 1. The molecule has 3 heterocycles. The molecule has 7 heteroatoms. The van der Waals surface area contributed by atoms with Gasteiger partial charge in [-0.1, -0.05) is 12.1 Å². The van der Waals surface area contributed by atoms with Gasteiger partial charge >= 0.3 is 0 Å². The third-order valence-electron chi connectivity index (χ3n) is 4.64. The van der Waals surface area contributed by atoms with Crippen molar-refractivity contribution in [3.05, 3.63) is 17.5 Å². The minimum absolute atomic E-state index is 0.202. The third kappa shape index (κ3) is 4.15. The highest BCUT2D eigenvalue weighted by Crippen LogP contribution is 2.19. The quantitative estimate of drug-likeness (QED) is 0.861. The van der Waals surface area contributed by atoms with Crippen LogP contribution in [0.15, 0.2) is 10.6 Å². The number of carbonyl (C=O) groups is 1. The summed E-state index contributed by atoms with van der Waals surface area (Å²) < 4.78 is 10.8. The van der Waals surface area contributed by atoms with Crippen molar-refractivity contribution in [3.8, 4) is 0 Å². The van der Waals surface area contributed by atoms with Crippen LogP contribution in [-0.4, -0.2) is 77.5 Å². The maximum Gasteiger partial charge on any atom is 0.276 e. The molecule has 2 aliphatic heterocycles. The Hall–Kier alpha value is -1.44. The number of aliphatic hydroxyl groups is 1. The fraction of sp³-hybridized carbons (Fsp3) is 0.765. The van der Waals surface area contributed by atoms with Gasteiger partial charge in [-0.05, 0) is 32.4 Å². The van der Waals surface area contributed by atoms with Crippen LogP contribution >= 0.6 is 0 Å². The van der Waals surface area contributed by atoms with Crippen molar-refractivity contribution in [3.63, 3.8) is 0 Å². The summed E-state index contributed by atoms with van der Waals surface area (Å²) in [5.41, 5.74) is -0.726. The van der Waals surface area contributed by atoms with Crippen LogP contribution in [0.1, 0.15) is 42.4 Å². The number of ether oxygens (including phenoxy) is 1. The molecule has 3 rings (SSSR count). The van der Waals surface area contributed by atoms with E-state index in [9.17, 15) is 9.90 Å². The van der Waals surface area contributed by atoms with Gasteiger partial charge in [0, 0.05) is 25.6 Å². The molecule has 1 aromatic rings. The summed E-state index contributed by atoms with van der Waals surface area (Å²) in [5.74, 6) is 0.519. The van der Waals surface area contributed by atoms with Crippen LogP contribution < -0.4 is 0 Å². The third-order valence-corrected chi connectivity index (χ3v) is 4.64. The zero-order valence-electron chi connectivity index (χ0n) is 14.4. The highest BCUT2D eigenvalue weighted by atomic mass is 16.5. The van der Waals surface area contributed by atoms with Crippen LogP contribution in [0.4, 0.5) is 0 Å². The number of aromatic nitrogens is 1. The van der Waals surface area contributed by atoms with Crippen molar-refractivity contribution < 1.29 is 19.2 Å². The average Bonchev–Trinajstić information content (AvgIpc) is 3.18. The van der Waals surface area contributed by atoms with Crippen LogP contribution in [0.5, 0.6) is 0 Å². The number of amides is 1.